The summed E-state index contributed by atoms with van der Waals surface area (Å²) in [5.74, 6) is -2.04. The lowest BCUT2D eigenvalue weighted by atomic mass is 10.1. The second-order valence-electron chi connectivity index (χ2n) is 4.03. The molecule has 0 radical (unpaired) electrons. The minimum absolute atomic E-state index is 0.439. The zero-order valence-electron chi connectivity index (χ0n) is 10.2. The van der Waals surface area contributed by atoms with E-state index in [1.165, 1.54) is 18.2 Å². The Kier molecular flexibility index (Phi) is 4.79. The van der Waals surface area contributed by atoms with Crippen molar-refractivity contribution in [1.29, 1.82) is 0 Å². The Hall–Kier alpha value is -1.95. The van der Waals surface area contributed by atoms with Gasteiger partial charge in [-0.3, -0.25) is 14.5 Å². The Balaban J connectivity index is 2.89. The van der Waals surface area contributed by atoms with Gasteiger partial charge in [0.2, 0.25) is 5.91 Å². The summed E-state index contributed by atoms with van der Waals surface area (Å²) in [4.78, 5) is 23.9. The van der Waals surface area contributed by atoms with E-state index in [1.807, 2.05) is 0 Å². The molecule has 1 rings (SSSR count). The minimum atomic E-state index is -1.12. The summed E-state index contributed by atoms with van der Waals surface area (Å²) in [5, 5.41) is 10.8. The minimum Gasteiger partial charge on any atom is -0.480 e. The Morgan fingerprint density at radius 3 is 2.61 bits per heavy atom. The zero-order valence-corrected chi connectivity index (χ0v) is 10.2. The van der Waals surface area contributed by atoms with Crippen molar-refractivity contribution in [1.82, 2.24) is 10.2 Å². The van der Waals surface area contributed by atoms with Crippen LogP contribution in [0, 0.1) is 5.82 Å². The summed E-state index contributed by atoms with van der Waals surface area (Å²) in [5.41, 5.74) is 0.475. The van der Waals surface area contributed by atoms with Gasteiger partial charge in [0.25, 0.3) is 0 Å². The fraction of sp³-hybridized carbons (Fsp3) is 0.333. The molecule has 0 saturated carbocycles. The molecule has 1 atom stereocenters. The average Bonchev–Trinajstić information content (AvgIpc) is 2.26. The molecule has 0 aliphatic carbocycles. The molecular weight excluding hydrogens is 239 g/mol. The van der Waals surface area contributed by atoms with Gasteiger partial charge in [-0.25, -0.2) is 4.39 Å². The van der Waals surface area contributed by atoms with Gasteiger partial charge in [-0.05, 0) is 31.8 Å². The van der Waals surface area contributed by atoms with Gasteiger partial charge < -0.3 is 10.4 Å². The molecule has 1 aromatic carbocycles. The highest BCUT2D eigenvalue weighted by molar-refractivity contribution is 5.86. The van der Waals surface area contributed by atoms with E-state index in [0.29, 0.717) is 5.56 Å². The number of carbonyl (C=O) groups excluding carboxylic acids is 1. The zero-order chi connectivity index (χ0) is 13.7. The number of hydrogen-bond donors (Lipinski definition) is 2. The molecular formula is C12H15FN2O3. The van der Waals surface area contributed by atoms with Crippen LogP contribution in [-0.4, -0.2) is 42.5 Å². The van der Waals surface area contributed by atoms with Gasteiger partial charge in [-0.2, -0.15) is 0 Å². The summed E-state index contributed by atoms with van der Waals surface area (Å²) in [6.07, 6.45) is 0. The van der Waals surface area contributed by atoms with E-state index in [0.717, 1.165) is 0 Å². The summed E-state index contributed by atoms with van der Waals surface area (Å²) in [6, 6.07) is 4.94. The fourth-order valence-corrected chi connectivity index (χ4v) is 1.62. The van der Waals surface area contributed by atoms with Crippen LogP contribution in [0.15, 0.2) is 24.3 Å². The Morgan fingerprint density at radius 1 is 1.44 bits per heavy atom. The molecule has 0 saturated heterocycles. The molecule has 6 heteroatoms. The summed E-state index contributed by atoms with van der Waals surface area (Å²) in [6.45, 7) is -0.460. The third kappa shape index (κ3) is 3.81. The van der Waals surface area contributed by atoms with Crippen molar-refractivity contribution in [2.45, 2.75) is 6.04 Å². The van der Waals surface area contributed by atoms with Crippen molar-refractivity contribution in [3.05, 3.63) is 35.6 Å². The molecule has 98 valence electrons. The number of likely N-dealkylation sites (N-methyl/N-ethyl adjacent to an activating group) is 1. The molecule has 0 spiro atoms. The van der Waals surface area contributed by atoms with E-state index in [1.54, 1.807) is 25.1 Å². The number of aliphatic carboxylic acids is 1. The first-order valence-corrected chi connectivity index (χ1v) is 5.33. The molecule has 2 N–H and O–H groups in total. The number of nitrogens with zero attached hydrogens (tertiary/aromatic N) is 1. The molecule has 1 unspecified atom stereocenters. The number of rotatable bonds is 5. The van der Waals surface area contributed by atoms with Crippen molar-refractivity contribution < 1.29 is 19.1 Å². The summed E-state index contributed by atoms with van der Waals surface area (Å²) < 4.78 is 13.1. The number of benzene rings is 1. The normalized spacial score (nSPS) is 12.2. The number of carboxylic acids is 1. The van der Waals surface area contributed by atoms with Gasteiger partial charge in [-0.1, -0.05) is 12.1 Å². The van der Waals surface area contributed by atoms with E-state index >= 15 is 0 Å². The standard InChI is InChI=1S/C12H15FN2O3/c1-15(2)11(12(18)14-7-10(16)17)8-4-3-5-9(13)6-8/h3-6,11H,7H2,1-2H3,(H,14,18)(H,16,17). The molecule has 0 heterocycles. The van der Waals surface area contributed by atoms with Crippen molar-refractivity contribution in [3.63, 3.8) is 0 Å². The van der Waals surface area contributed by atoms with E-state index in [9.17, 15) is 14.0 Å². The number of carbonyl (C=O) groups is 2. The molecule has 0 aliphatic heterocycles. The van der Waals surface area contributed by atoms with Crippen LogP contribution in [0.1, 0.15) is 11.6 Å². The first-order chi connectivity index (χ1) is 8.41. The summed E-state index contributed by atoms with van der Waals surface area (Å²) >= 11 is 0. The fourth-order valence-electron chi connectivity index (χ4n) is 1.62. The van der Waals surface area contributed by atoms with Gasteiger partial charge in [0, 0.05) is 0 Å². The maximum atomic E-state index is 13.1. The van der Waals surface area contributed by atoms with Gasteiger partial charge >= 0.3 is 5.97 Å². The Morgan fingerprint density at radius 2 is 2.11 bits per heavy atom. The van der Waals surface area contributed by atoms with E-state index in [2.05, 4.69) is 5.32 Å². The maximum absolute atomic E-state index is 13.1. The van der Waals surface area contributed by atoms with Crippen LogP contribution in [0.5, 0.6) is 0 Å². The maximum Gasteiger partial charge on any atom is 0.322 e. The van der Waals surface area contributed by atoms with Gasteiger partial charge in [0.1, 0.15) is 18.4 Å². The molecule has 1 aromatic rings. The van der Waals surface area contributed by atoms with Gasteiger partial charge in [-0.15, -0.1) is 0 Å². The number of nitrogens with one attached hydrogen (secondary N) is 1. The van der Waals surface area contributed by atoms with Crippen LogP contribution in [0.3, 0.4) is 0 Å². The molecule has 0 aliphatic rings. The van der Waals surface area contributed by atoms with Crippen LogP contribution in [0.4, 0.5) is 4.39 Å². The van der Waals surface area contributed by atoms with Crippen molar-refractivity contribution in [2.24, 2.45) is 0 Å². The number of hydrogen-bond acceptors (Lipinski definition) is 3. The molecule has 0 fully saturated rings. The highest BCUT2D eigenvalue weighted by Gasteiger charge is 2.23. The predicted octanol–water partition coefficient (Wildman–Crippen LogP) is 0.629. The van der Waals surface area contributed by atoms with Crippen molar-refractivity contribution in [3.8, 4) is 0 Å². The second kappa shape index (κ2) is 6.11. The van der Waals surface area contributed by atoms with Crippen LogP contribution in [0.25, 0.3) is 0 Å². The SMILES string of the molecule is CN(C)C(C(=O)NCC(=O)O)c1cccc(F)c1. The first kappa shape index (κ1) is 14.1. The van der Waals surface area contributed by atoms with Crippen LogP contribution in [0.2, 0.25) is 0 Å². The number of amides is 1. The van der Waals surface area contributed by atoms with E-state index < -0.39 is 30.3 Å². The lowest BCUT2D eigenvalue weighted by Crippen LogP contribution is -2.39. The lowest BCUT2D eigenvalue weighted by molar-refractivity contribution is -0.138. The molecule has 18 heavy (non-hydrogen) atoms. The largest absolute Gasteiger partial charge is 0.480 e. The predicted molar refractivity (Wildman–Crippen MR) is 63.5 cm³/mol. The third-order valence-electron chi connectivity index (χ3n) is 2.34. The number of carboxylic acid groups (broad SMARTS) is 1. The van der Waals surface area contributed by atoms with E-state index in [4.69, 9.17) is 5.11 Å². The van der Waals surface area contributed by atoms with Crippen LogP contribution in [-0.2, 0) is 9.59 Å². The monoisotopic (exact) mass is 254 g/mol. The van der Waals surface area contributed by atoms with Crippen LogP contribution >= 0.6 is 0 Å². The first-order valence-electron chi connectivity index (χ1n) is 5.33. The molecule has 1 amide bonds. The van der Waals surface area contributed by atoms with Crippen molar-refractivity contribution in [2.75, 3.05) is 20.6 Å². The quantitative estimate of drug-likeness (QED) is 0.808. The topological polar surface area (TPSA) is 69.6 Å². The van der Waals surface area contributed by atoms with Gasteiger partial charge in [0.05, 0.1) is 0 Å². The second-order valence-corrected chi connectivity index (χ2v) is 4.03. The van der Waals surface area contributed by atoms with E-state index in [-0.39, 0.29) is 0 Å². The van der Waals surface area contributed by atoms with Gasteiger partial charge in [0.15, 0.2) is 0 Å². The number of halogens is 1. The molecule has 5 nitrogen and oxygen atoms in total. The third-order valence-corrected chi connectivity index (χ3v) is 2.34. The van der Waals surface area contributed by atoms with Crippen LogP contribution < -0.4 is 5.32 Å². The highest BCUT2D eigenvalue weighted by Crippen LogP contribution is 2.19. The average molecular weight is 254 g/mol. The molecule has 0 aromatic heterocycles. The highest BCUT2D eigenvalue weighted by atomic mass is 19.1. The molecule has 0 bridgehead atoms. The lowest BCUT2D eigenvalue weighted by Gasteiger charge is -2.23. The Bertz CT molecular complexity index is 449. The smallest absolute Gasteiger partial charge is 0.322 e. The van der Waals surface area contributed by atoms with Crippen molar-refractivity contribution >= 4 is 11.9 Å². The Labute approximate surface area is 104 Å². The summed E-state index contributed by atoms with van der Waals surface area (Å²) in [7, 11) is 3.33.